The zero-order chi connectivity index (χ0) is 15.9. The Morgan fingerprint density at radius 2 is 1.82 bits per heavy atom. The number of amides is 1. The standard InChI is InChI=1S/C16H16F2N2O2/c1-2-22-15-6-4-3-5-14(15)20-16(21)10-19-13-8-11(17)7-12(18)9-13/h3-9,19H,2,10H2,1H3,(H,20,21). The number of nitrogens with one attached hydrogen (secondary N) is 2. The third-order valence-corrected chi connectivity index (χ3v) is 2.78. The minimum absolute atomic E-state index is 0.122. The molecule has 0 saturated carbocycles. The maximum Gasteiger partial charge on any atom is 0.243 e. The number of para-hydroxylation sites is 2. The molecule has 0 atom stereocenters. The van der Waals surface area contributed by atoms with Gasteiger partial charge in [-0.15, -0.1) is 0 Å². The molecule has 2 aromatic carbocycles. The van der Waals surface area contributed by atoms with Crippen LogP contribution in [0.5, 0.6) is 5.75 Å². The zero-order valence-electron chi connectivity index (χ0n) is 12.0. The molecule has 22 heavy (non-hydrogen) atoms. The van der Waals surface area contributed by atoms with E-state index >= 15 is 0 Å². The van der Waals surface area contributed by atoms with Crippen molar-refractivity contribution in [3.8, 4) is 5.75 Å². The number of rotatable bonds is 6. The number of ether oxygens (including phenoxy) is 1. The maximum absolute atomic E-state index is 13.0. The summed E-state index contributed by atoms with van der Waals surface area (Å²) in [5.41, 5.74) is 0.743. The molecular weight excluding hydrogens is 290 g/mol. The number of halogens is 2. The molecule has 2 N–H and O–H groups in total. The Labute approximate surface area is 127 Å². The van der Waals surface area contributed by atoms with E-state index in [1.54, 1.807) is 24.3 Å². The van der Waals surface area contributed by atoms with Gasteiger partial charge in [0, 0.05) is 11.8 Å². The SMILES string of the molecule is CCOc1ccccc1NC(=O)CNc1cc(F)cc(F)c1. The Morgan fingerprint density at radius 3 is 2.50 bits per heavy atom. The van der Waals surface area contributed by atoms with Crippen molar-refractivity contribution in [3.63, 3.8) is 0 Å². The molecule has 1 amide bonds. The number of hydrogen-bond donors (Lipinski definition) is 2. The van der Waals surface area contributed by atoms with Crippen LogP contribution in [0.25, 0.3) is 0 Å². The lowest BCUT2D eigenvalue weighted by Crippen LogP contribution is -2.22. The van der Waals surface area contributed by atoms with E-state index in [4.69, 9.17) is 4.74 Å². The van der Waals surface area contributed by atoms with E-state index < -0.39 is 11.6 Å². The summed E-state index contributed by atoms with van der Waals surface area (Å²) < 4.78 is 31.5. The first-order valence-electron chi connectivity index (χ1n) is 6.80. The van der Waals surface area contributed by atoms with Gasteiger partial charge in [-0.05, 0) is 31.2 Å². The van der Waals surface area contributed by atoms with Crippen LogP contribution in [-0.2, 0) is 4.79 Å². The molecule has 0 aliphatic heterocycles. The van der Waals surface area contributed by atoms with Gasteiger partial charge in [-0.3, -0.25) is 4.79 Å². The van der Waals surface area contributed by atoms with Crippen molar-refractivity contribution >= 4 is 17.3 Å². The minimum Gasteiger partial charge on any atom is -0.492 e. The van der Waals surface area contributed by atoms with Crippen molar-refractivity contribution in [2.75, 3.05) is 23.8 Å². The molecule has 0 heterocycles. The first-order chi connectivity index (χ1) is 10.6. The van der Waals surface area contributed by atoms with Crippen molar-refractivity contribution < 1.29 is 18.3 Å². The smallest absolute Gasteiger partial charge is 0.243 e. The van der Waals surface area contributed by atoms with Crippen LogP contribution in [0.4, 0.5) is 20.2 Å². The van der Waals surface area contributed by atoms with Gasteiger partial charge in [0.2, 0.25) is 5.91 Å². The molecule has 4 nitrogen and oxygen atoms in total. The van der Waals surface area contributed by atoms with Crippen LogP contribution in [-0.4, -0.2) is 19.1 Å². The van der Waals surface area contributed by atoms with Gasteiger partial charge in [-0.2, -0.15) is 0 Å². The van der Waals surface area contributed by atoms with Crippen LogP contribution in [0, 0.1) is 11.6 Å². The third-order valence-electron chi connectivity index (χ3n) is 2.78. The molecule has 0 fully saturated rings. The Kier molecular flexibility index (Phi) is 5.30. The molecule has 0 radical (unpaired) electrons. The van der Waals surface area contributed by atoms with E-state index in [0.717, 1.165) is 18.2 Å². The normalized spacial score (nSPS) is 10.1. The van der Waals surface area contributed by atoms with Crippen molar-refractivity contribution in [2.24, 2.45) is 0 Å². The highest BCUT2D eigenvalue weighted by molar-refractivity contribution is 5.95. The lowest BCUT2D eigenvalue weighted by molar-refractivity contribution is -0.114. The van der Waals surface area contributed by atoms with Gasteiger partial charge in [-0.25, -0.2) is 8.78 Å². The molecule has 0 unspecified atom stereocenters. The van der Waals surface area contributed by atoms with Crippen LogP contribution < -0.4 is 15.4 Å². The number of benzene rings is 2. The minimum atomic E-state index is -0.704. The Morgan fingerprint density at radius 1 is 1.14 bits per heavy atom. The van der Waals surface area contributed by atoms with E-state index in [-0.39, 0.29) is 18.1 Å². The molecule has 0 aromatic heterocycles. The second kappa shape index (κ2) is 7.40. The topological polar surface area (TPSA) is 50.4 Å². The van der Waals surface area contributed by atoms with Gasteiger partial charge < -0.3 is 15.4 Å². The predicted molar refractivity (Wildman–Crippen MR) is 81.1 cm³/mol. The van der Waals surface area contributed by atoms with Crippen molar-refractivity contribution in [1.29, 1.82) is 0 Å². The average molecular weight is 306 g/mol. The van der Waals surface area contributed by atoms with Gasteiger partial charge in [-0.1, -0.05) is 12.1 Å². The van der Waals surface area contributed by atoms with E-state index in [1.165, 1.54) is 0 Å². The Bertz CT molecular complexity index is 642. The van der Waals surface area contributed by atoms with Crippen LogP contribution >= 0.6 is 0 Å². The molecule has 0 bridgehead atoms. The van der Waals surface area contributed by atoms with Crippen LogP contribution in [0.2, 0.25) is 0 Å². The monoisotopic (exact) mass is 306 g/mol. The molecule has 0 saturated heterocycles. The number of hydrogen-bond acceptors (Lipinski definition) is 3. The maximum atomic E-state index is 13.0. The summed E-state index contributed by atoms with van der Waals surface area (Å²) in [5, 5.41) is 5.35. The van der Waals surface area contributed by atoms with Crippen LogP contribution in [0.15, 0.2) is 42.5 Å². The van der Waals surface area contributed by atoms with Crippen molar-refractivity contribution in [1.82, 2.24) is 0 Å². The van der Waals surface area contributed by atoms with Gasteiger partial charge >= 0.3 is 0 Å². The fourth-order valence-corrected chi connectivity index (χ4v) is 1.88. The average Bonchev–Trinajstić information content (AvgIpc) is 2.46. The molecule has 0 spiro atoms. The van der Waals surface area contributed by atoms with Gasteiger partial charge in [0.1, 0.15) is 17.4 Å². The fraction of sp³-hybridized carbons (Fsp3) is 0.188. The zero-order valence-corrected chi connectivity index (χ0v) is 12.0. The van der Waals surface area contributed by atoms with Crippen LogP contribution in [0.3, 0.4) is 0 Å². The summed E-state index contributed by atoms with van der Waals surface area (Å²) in [7, 11) is 0. The molecule has 2 aromatic rings. The summed E-state index contributed by atoms with van der Waals surface area (Å²) in [6.45, 7) is 2.20. The molecular formula is C16H16F2N2O2. The van der Waals surface area contributed by atoms with Crippen molar-refractivity contribution in [3.05, 3.63) is 54.1 Å². The summed E-state index contributed by atoms with van der Waals surface area (Å²) >= 11 is 0. The van der Waals surface area contributed by atoms with Gasteiger partial charge in [0.15, 0.2) is 0 Å². The number of carbonyl (C=O) groups is 1. The highest BCUT2D eigenvalue weighted by atomic mass is 19.1. The lowest BCUT2D eigenvalue weighted by Gasteiger charge is -2.12. The van der Waals surface area contributed by atoms with E-state index in [2.05, 4.69) is 10.6 Å². The summed E-state index contributed by atoms with van der Waals surface area (Å²) in [6, 6.07) is 10.0. The summed E-state index contributed by atoms with van der Waals surface area (Å²) in [6.07, 6.45) is 0. The second-order valence-electron chi connectivity index (χ2n) is 4.49. The highest BCUT2D eigenvalue weighted by Gasteiger charge is 2.08. The lowest BCUT2D eigenvalue weighted by atomic mass is 10.3. The third kappa shape index (κ3) is 4.44. The second-order valence-corrected chi connectivity index (χ2v) is 4.49. The number of carbonyl (C=O) groups excluding carboxylic acids is 1. The molecule has 116 valence electrons. The molecule has 0 aliphatic carbocycles. The Hall–Kier alpha value is -2.63. The van der Waals surface area contributed by atoms with Crippen molar-refractivity contribution in [2.45, 2.75) is 6.92 Å². The largest absolute Gasteiger partial charge is 0.492 e. The Balaban J connectivity index is 1.96. The molecule has 0 aliphatic rings. The van der Waals surface area contributed by atoms with Crippen LogP contribution in [0.1, 0.15) is 6.92 Å². The van der Waals surface area contributed by atoms with E-state index in [1.807, 2.05) is 6.92 Å². The van der Waals surface area contributed by atoms with E-state index in [9.17, 15) is 13.6 Å². The highest BCUT2D eigenvalue weighted by Crippen LogP contribution is 2.23. The quantitative estimate of drug-likeness (QED) is 0.860. The van der Waals surface area contributed by atoms with Gasteiger partial charge in [0.25, 0.3) is 0 Å². The first-order valence-corrected chi connectivity index (χ1v) is 6.80. The predicted octanol–water partition coefficient (Wildman–Crippen LogP) is 3.41. The number of anilines is 2. The molecule has 6 heteroatoms. The van der Waals surface area contributed by atoms with Gasteiger partial charge in [0.05, 0.1) is 18.8 Å². The summed E-state index contributed by atoms with van der Waals surface area (Å²) in [4.78, 5) is 11.9. The molecule has 2 rings (SSSR count). The van der Waals surface area contributed by atoms with E-state index in [0.29, 0.717) is 18.0 Å². The summed E-state index contributed by atoms with van der Waals surface area (Å²) in [5.74, 6) is -1.19. The fourth-order valence-electron chi connectivity index (χ4n) is 1.88. The first kappa shape index (κ1) is 15.8.